The van der Waals surface area contributed by atoms with E-state index in [1.54, 1.807) is 6.07 Å². The van der Waals surface area contributed by atoms with E-state index in [4.69, 9.17) is 0 Å². The van der Waals surface area contributed by atoms with Crippen LogP contribution in [-0.2, 0) is 0 Å². The molecule has 104 valence electrons. The zero-order valence-corrected chi connectivity index (χ0v) is 11.9. The summed E-state index contributed by atoms with van der Waals surface area (Å²) in [5, 5.41) is 14.3. The highest BCUT2D eigenvalue weighted by Crippen LogP contribution is 2.29. The predicted molar refractivity (Wildman–Crippen MR) is 79.5 cm³/mol. The standard InChI is InChI=1S/C14H14N2O3S/c1-9(2)12-7-8-13(20-12)15-14(17)10-5-3-4-6-11(10)16(18)19/h3-9H,1-2H3,(H,15,17). The number of anilines is 1. The quantitative estimate of drug-likeness (QED) is 0.682. The number of carbonyl (C=O) groups is 1. The molecule has 1 amide bonds. The Kier molecular flexibility index (Phi) is 4.14. The maximum absolute atomic E-state index is 12.1. The molecule has 0 saturated carbocycles. The number of amides is 1. The summed E-state index contributed by atoms with van der Waals surface area (Å²) in [7, 11) is 0. The van der Waals surface area contributed by atoms with E-state index in [0.29, 0.717) is 10.9 Å². The number of hydrogen-bond acceptors (Lipinski definition) is 4. The maximum Gasteiger partial charge on any atom is 0.282 e. The lowest BCUT2D eigenvalue weighted by Gasteiger charge is -2.03. The van der Waals surface area contributed by atoms with Crippen molar-refractivity contribution in [1.29, 1.82) is 0 Å². The van der Waals surface area contributed by atoms with Crippen molar-refractivity contribution >= 4 is 27.9 Å². The van der Waals surface area contributed by atoms with E-state index >= 15 is 0 Å². The molecule has 2 rings (SSSR count). The van der Waals surface area contributed by atoms with Gasteiger partial charge in [-0.05, 0) is 24.1 Å². The van der Waals surface area contributed by atoms with Gasteiger partial charge in [0, 0.05) is 10.9 Å². The molecule has 0 fully saturated rings. The van der Waals surface area contributed by atoms with Crippen LogP contribution in [0.5, 0.6) is 0 Å². The number of nitrogens with zero attached hydrogens (tertiary/aromatic N) is 1. The van der Waals surface area contributed by atoms with E-state index in [1.165, 1.54) is 29.5 Å². The van der Waals surface area contributed by atoms with Crippen LogP contribution >= 0.6 is 11.3 Å². The van der Waals surface area contributed by atoms with E-state index < -0.39 is 10.8 Å². The molecule has 2 aromatic rings. The molecule has 0 radical (unpaired) electrons. The fourth-order valence-corrected chi connectivity index (χ4v) is 2.64. The van der Waals surface area contributed by atoms with Crippen molar-refractivity contribution in [2.24, 2.45) is 0 Å². The van der Waals surface area contributed by atoms with E-state index in [9.17, 15) is 14.9 Å². The van der Waals surface area contributed by atoms with Gasteiger partial charge >= 0.3 is 0 Å². The topological polar surface area (TPSA) is 72.2 Å². The highest BCUT2D eigenvalue weighted by molar-refractivity contribution is 7.16. The third kappa shape index (κ3) is 3.03. The Labute approximate surface area is 120 Å². The highest BCUT2D eigenvalue weighted by atomic mass is 32.1. The molecule has 1 N–H and O–H groups in total. The van der Waals surface area contributed by atoms with E-state index in [0.717, 1.165) is 4.88 Å². The SMILES string of the molecule is CC(C)c1ccc(NC(=O)c2ccccc2[N+](=O)[O-])s1. The lowest BCUT2D eigenvalue weighted by Crippen LogP contribution is -2.12. The first-order valence-corrected chi connectivity index (χ1v) is 6.95. The van der Waals surface area contributed by atoms with Gasteiger partial charge < -0.3 is 5.32 Å². The van der Waals surface area contributed by atoms with Crippen LogP contribution in [-0.4, -0.2) is 10.8 Å². The third-order valence-corrected chi connectivity index (χ3v) is 4.08. The van der Waals surface area contributed by atoms with Crippen molar-refractivity contribution in [3.05, 3.63) is 57.0 Å². The fourth-order valence-electron chi connectivity index (χ4n) is 1.73. The Morgan fingerprint density at radius 1 is 1.25 bits per heavy atom. The number of nitro groups is 1. The number of rotatable bonds is 4. The molecule has 0 spiro atoms. The molecule has 0 aliphatic heterocycles. The zero-order valence-electron chi connectivity index (χ0n) is 11.1. The molecule has 0 aliphatic carbocycles. The van der Waals surface area contributed by atoms with Gasteiger partial charge in [0.15, 0.2) is 0 Å². The Balaban J connectivity index is 2.22. The molecule has 1 heterocycles. The molecule has 0 atom stereocenters. The summed E-state index contributed by atoms with van der Waals surface area (Å²) >= 11 is 1.48. The molecule has 0 saturated heterocycles. The van der Waals surface area contributed by atoms with Crippen LogP contribution < -0.4 is 5.32 Å². The minimum atomic E-state index is -0.553. The molecular weight excluding hydrogens is 276 g/mol. The van der Waals surface area contributed by atoms with Crippen LogP contribution in [0.3, 0.4) is 0 Å². The third-order valence-electron chi connectivity index (χ3n) is 2.78. The van der Waals surface area contributed by atoms with Gasteiger partial charge in [0.25, 0.3) is 11.6 Å². The summed E-state index contributed by atoms with van der Waals surface area (Å²) in [5.74, 6) is -0.0776. The molecule has 0 bridgehead atoms. The van der Waals surface area contributed by atoms with Crippen molar-refractivity contribution in [3.63, 3.8) is 0 Å². The second-order valence-corrected chi connectivity index (χ2v) is 5.70. The van der Waals surface area contributed by atoms with Crippen LogP contribution in [0.4, 0.5) is 10.7 Å². The number of nitro benzene ring substituents is 1. The molecule has 0 aliphatic rings. The number of carbonyl (C=O) groups excluding carboxylic acids is 1. The van der Waals surface area contributed by atoms with Crippen molar-refractivity contribution in [3.8, 4) is 0 Å². The monoisotopic (exact) mass is 290 g/mol. The number of hydrogen-bond donors (Lipinski definition) is 1. The van der Waals surface area contributed by atoms with E-state index in [2.05, 4.69) is 19.2 Å². The summed E-state index contributed by atoms with van der Waals surface area (Å²) in [5.41, 5.74) is -0.123. The van der Waals surface area contributed by atoms with Gasteiger partial charge in [-0.25, -0.2) is 0 Å². The van der Waals surface area contributed by atoms with Gasteiger partial charge in [0.1, 0.15) is 5.56 Å². The molecule has 5 nitrogen and oxygen atoms in total. The van der Waals surface area contributed by atoms with Gasteiger partial charge in [0.05, 0.1) is 9.92 Å². The van der Waals surface area contributed by atoms with Crippen molar-refractivity contribution in [2.75, 3.05) is 5.32 Å². The predicted octanol–water partition coefficient (Wildman–Crippen LogP) is 4.03. The van der Waals surface area contributed by atoms with Crippen molar-refractivity contribution in [1.82, 2.24) is 0 Å². The van der Waals surface area contributed by atoms with Crippen LogP contribution in [0.25, 0.3) is 0 Å². The average Bonchev–Trinajstić information content (AvgIpc) is 2.87. The molecular formula is C14H14N2O3S. The number of nitrogens with one attached hydrogen (secondary N) is 1. The van der Waals surface area contributed by atoms with Gasteiger partial charge in [-0.3, -0.25) is 14.9 Å². The van der Waals surface area contributed by atoms with E-state index in [-0.39, 0.29) is 11.3 Å². The number of para-hydroxylation sites is 1. The summed E-state index contributed by atoms with van der Waals surface area (Å²) in [4.78, 5) is 23.6. The zero-order chi connectivity index (χ0) is 14.7. The lowest BCUT2D eigenvalue weighted by atomic mass is 10.1. The Hall–Kier alpha value is -2.21. The molecule has 0 unspecified atom stereocenters. The minimum absolute atomic E-state index is 0.0667. The summed E-state index contributed by atoms with van der Waals surface area (Å²) in [6, 6.07) is 9.68. The van der Waals surface area contributed by atoms with Gasteiger partial charge in [-0.15, -0.1) is 11.3 Å². The Morgan fingerprint density at radius 3 is 2.55 bits per heavy atom. The average molecular weight is 290 g/mol. The number of benzene rings is 1. The first kappa shape index (κ1) is 14.2. The summed E-state index contributed by atoms with van der Waals surface area (Å²) in [6.45, 7) is 4.14. The molecule has 1 aromatic carbocycles. The van der Waals surface area contributed by atoms with Gasteiger partial charge in [-0.2, -0.15) is 0 Å². The molecule has 20 heavy (non-hydrogen) atoms. The lowest BCUT2D eigenvalue weighted by molar-refractivity contribution is -0.385. The summed E-state index contributed by atoms with van der Waals surface area (Å²) < 4.78 is 0. The van der Waals surface area contributed by atoms with Gasteiger partial charge in [-0.1, -0.05) is 26.0 Å². The fraction of sp³-hybridized carbons (Fsp3) is 0.214. The molecule has 6 heteroatoms. The normalized spacial score (nSPS) is 10.6. The largest absolute Gasteiger partial charge is 0.313 e. The van der Waals surface area contributed by atoms with Gasteiger partial charge in [0.2, 0.25) is 0 Å². The maximum atomic E-state index is 12.1. The molecule has 1 aromatic heterocycles. The Bertz CT molecular complexity index is 649. The van der Waals surface area contributed by atoms with Crippen LogP contribution in [0.15, 0.2) is 36.4 Å². The second kappa shape index (κ2) is 5.83. The first-order valence-electron chi connectivity index (χ1n) is 6.13. The Morgan fingerprint density at radius 2 is 1.95 bits per heavy atom. The first-order chi connectivity index (χ1) is 9.49. The second-order valence-electron chi connectivity index (χ2n) is 4.59. The number of thiophene rings is 1. The summed E-state index contributed by atoms with van der Waals surface area (Å²) in [6.07, 6.45) is 0. The van der Waals surface area contributed by atoms with Crippen molar-refractivity contribution < 1.29 is 9.72 Å². The smallest absolute Gasteiger partial charge is 0.282 e. The van der Waals surface area contributed by atoms with Crippen molar-refractivity contribution in [2.45, 2.75) is 19.8 Å². The van der Waals surface area contributed by atoms with Crippen LogP contribution in [0.1, 0.15) is 35.0 Å². The highest BCUT2D eigenvalue weighted by Gasteiger charge is 2.19. The van der Waals surface area contributed by atoms with Crippen LogP contribution in [0, 0.1) is 10.1 Å². The van der Waals surface area contributed by atoms with Crippen LogP contribution in [0.2, 0.25) is 0 Å². The van der Waals surface area contributed by atoms with E-state index in [1.807, 2.05) is 12.1 Å². The minimum Gasteiger partial charge on any atom is -0.313 e.